The summed E-state index contributed by atoms with van der Waals surface area (Å²) in [6, 6.07) is 0. The van der Waals surface area contributed by atoms with E-state index in [-0.39, 0.29) is 17.6 Å². The average molecular weight is 332 g/mol. The molecule has 0 rings (SSSR count). The van der Waals surface area contributed by atoms with Gasteiger partial charge in [-0.2, -0.15) is 0 Å². The first-order valence-electron chi connectivity index (χ1n) is 9.27. The fourth-order valence-electron chi connectivity index (χ4n) is 1.97. The standard InChI is InChI=1S/C17H35NO3.C2H6/c1-8-10-14(9-2)20-15(11-17(5,6)7)21-16(19)18-12-13(3)4;1-2/h13-15H,8-12H2,1-7H3,(H,18,19);1-2H3. The van der Waals surface area contributed by atoms with Gasteiger partial charge in [0.2, 0.25) is 6.29 Å². The molecule has 4 nitrogen and oxygen atoms in total. The summed E-state index contributed by atoms with van der Waals surface area (Å²) in [5.41, 5.74) is 0.0491. The van der Waals surface area contributed by atoms with Crippen molar-refractivity contribution in [1.82, 2.24) is 5.32 Å². The first-order valence-corrected chi connectivity index (χ1v) is 9.27. The molecule has 1 amide bonds. The van der Waals surface area contributed by atoms with E-state index in [0.29, 0.717) is 18.9 Å². The van der Waals surface area contributed by atoms with Crippen LogP contribution in [0.4, 0.5) is 4.79 Å². The lowest BCUT2D eigenvalue weighted by Crippen LogP contribution is -2.36. The summed E-state index contributed by atoms with van der Waals surface area (Å²) >= 11 is 0. The van der Waals surface area contributed by atoms with Crippen LogP contribution in [0.2, 0.25) is 0 Å². The number of alkyl carbamates (subject to hydrolysis) is 1. The second-order valence-electron chi connectivity index (χ2n) is 7.33. The maximum atomic E-state index is 11.9. The summed E-state index contributed by atoms with van der Waals surface area (Å²) in [4.78, 5) is 11.9. The Kier molecular flexibility index (Phi) is 14.5. The highest BCUT2D eigenvalue weighted by molar-refractivity contribution is 5.67. The van der Waals surface area contributed by atoms with Gasteiger partial charge in [0.25, 0.3) is 0 Å². The highest BCUT2D eigenvalue weighted by atomic mass is 16.7. The Hall–Kier alpha value is -0.770. The van der Waals surface area contributed by atoms with E-state index in [2.05, 4.69) is 53.8 Å². The molecule has 0 bridgehead atoms. The minimum Gasteiger partial charge on any atom is -0.420 e. The first-order chi connectivity index (χ1) is 10.7. The third-order valence-corrected chi connectivity index (χ3v) is 3.08. The monoisotopic (exact) mass is 331 g/mol. The molecule has 0 saturated heterocycles. The van der Waals surface area contributed by atoms with E-state index in [4.69, 9.17) is 9.47 Å². The molecule has 23 heavy (non-hydrogen) atoms. The zero-order valence-corrected chi connectivity index (χ0v) is 17.0. The van der Waals surface area contributed by atoms with Gasteiger partial charge in [0, 0.05) is 13.0 Å². The van der Waals surface area contributed by atoms with Gasteiger partial charge in [-0.05, 0) is 24.2 Å². The number of carbonyl (C=O) groups is 1. The first kappa shape index (κ1) is 24.5. The van der Waals surface area contributed by atoms with Crippen LogP contribution >= 0.6 is 0 Å². The SMILES string of the molecule is CC.CCCC(CC)OC(CC(C)(C)C)OC(=O)NCC(C)C. The van der Waals surface area contributed by atoms with E-state index >= 15 is 0 Å². The average Bonchev–Trinajstić information content (AvgIpc) is 2.45. The molecule has 0 radical (unpaired) electrons. The van der Waals surface area contributed by atoms with E-state index in [1.807, 2.05) is 13.8 Å². The number of ether oxygens (including phenoxy) is 2. The summed E-state index contributed by atoms with van der Waals surface area (Å²) < 4.78 is 11.5. The molecule has 0 aromatic rings. The molecule has 2 atom stereocenters. The van der Waals surface area contributed by atoms with Crippen molar-refractivity contribution in [3.8, 4) is 0 Å². The third-order valence-electron chi connectivity index (χ3n) is 3.08. The summed E-state index contributed by atoms with van der Waals surface area (Å²) in [5.74, 6) is 0.406. The van der Waals surface area contributed by atoms with Crippen molar-refractivity contribution in [3.63, 3.8) is 0 Å². The van der Waals surface area contributed by atoms with Crippen LogP contribution in [0.1, 0.15) is 88.0 Å². The molecule has 0 aliphatic heterocycles. The number of nitrogens with one attached hydrogen (secondary N) is 1. The van der Waals surface area contributed by atoms with E-state index in [1.54, 1.807) is 0 Å². The summed E-state index contributed by atoms with van der Waals surface area (Å²) in [5, 5.41) is 2.78. The number of rotatable bonds is 9. The molecular weight excluding hydrogens is 290 g/mol. The molecule has 0 aromatic heterocycles. The van der Waals surface area contributed by atoms with Crippen LogP contribution in [0.25, 0.3) is 0 Å². The quantitative estimate of drug-likeness (QED) is 0.547. The summed E-state index contributed by atoms with van der Waals surface area (Å²) in [7, 11) is 0. The van der Waals surface area contributed by atoms with Crippen LogP contribution in [-0.4, -0.2) is 25.0 Å². The van der Waals surface area contributed by atoms with Gasteiger partial charge in [-0.25, -0.2) is 4.79 Å². The highest BCUT2D eigenvalue weighted by Crippen LogP contribution is 2.25. The molecule has 0 aliphatic carbocycles. The second-order valence-corrected chi connectivity index (χ2v) is 7.33. The molecule has 0 aliphatic rings. The van der Waals surface area contributed by atoms with Crippen LogP contribution in [0, 0.1) is 11.3 Å². The number of hydrogen-bond acceptors (Lipinski definition) is 3. The van der Waals surface area contributed by atoms with Gasteiger partial charge < -0.3 is 14.8 Å². The van der Waals surface area contributed by atoms with E-state index < -0.39 is 6.29 Å². The van der Waals surface area contributed by atoms with Crippen LogP contribution < -0.4 is 5.32 Å². The third kappa shape index (κ3) is 15.9. The topological polar surface area (TPSA) is 47.6 Å². The largest absolute Gasteiger partial charge is 0.420 e. The molecule has 2 unspecified atom stereocenters. The van der Waals surface area contributed by atoms with Crippen LogP contribution in [-0.2, 0) is 9.47 Å². The van der Waals surface area contributed by atoms with Crippen molar-refractivity contribution in [2.75, 3.05) is 6.54 Å². The molecule has 0 aromatic carbocycles. The smallest absolute Gasteiger partial charge is 0.409 e. The Morgan fingerprint density at radius 1 is 1.13 bits per heavy atom. The van der Waals surface area contributed by atoms with E-state index in [9.17, 15) is 4.79 Å². The van der Waals surface area contributed by atoms with Crippen molar-refractivity contribution >= 4 is 6.09 Å². The normalized spacial score (nSPS) is 13.8. The van der Waals surface area contributed by atoms with Crippen molar-refractivity contribution < 1.29 is 14.3 Å². The Morgan fingerprint density at radius 3 is 2.09 bits per heavy atom. The minimum absolute atomic E-state index is 0.0491. The zero-order chi connectivity index (χ0) is 18.5. The van der Waals surface area contributed by atoms with Crippen molar-refractivity contribution in [2.24, 2.45) is 11.3 Å². The lowest BCUT2D eigenvalue weighted by molar-refractivity contribution is -0.154. The van der Waals surface area contributed by atoms with Crippen molar-refractivity contribution in [1.29, 1.82) is 0 Å². The van der Waals surface area contributed by atoms with Crippen molar-refractivity contribution in [2.45, 2.75) is 100 Å². The molecule has 1 N–H and O–H groups in total. The Morgan fingerprint density at radius 2 is 1.70 bits per heavy atom. The molecule has 140 valence electrons. The minimum atomic E-state index is -0.478. The fraction of sp³-hybridized carbons (Fsp3) is 0.947. The van der Waals surface area contributed by atoms with Gasteiger partial charge in [-0.15, -0.1) is 0 Å². The fourth-order valence-corrected chi connectivity index (χ4v) is 1.97. The van der Waals surface area contributed by atoms with Crippen LogP contribution in [0.15, 0.2) is 0 Å². The van der Waals surface area contributed by atoms with E-state index in [0.717, 1.165) is 19.3 Å². The second kappa shape index (κ2) is 13.6. The summed E-state index contributed by atoms with van der Waals surface area (Å²) in [6.07, 6.45) is 2.99. The Balaban J connectivity index is 0. The molecular formula is C19H41NO3. The Bertz CT molecular complexity index is 285. The highest BCUT2D eigenvalue weighted by Gasteiger charge is 2.25. The molecule has 4 heteroatoms. The number of amides is 1. The van der Waals surface area contributed by atoms with Crippen LogP contribution in [0.3, 0.4) is 0 Å². The predicted molar refractivity (Wildman–Crippen MR) is 98.6 cm³/mol. The zero-order valence-electron chi connectivity index (χ0n) is 17.0. The lowest BCUT2D eigenvalue weighted by Gasteiger charge is -2.29. The summed E-state index contributed by atoms with van der Waals surface area (Å²) in [6.45, 7) is 19.3. The van der Waals surface area contributed by atoms with Crippen LogP contribution in [0.5, 0.6) is 0 Å². The maximum absolute atomic E-state index is 11.9. The molecule has 0 saturated carbocycles. The number of hydrogen-bond donors (Lipinski definition) is 1. The Labute approximate surface area is 144 Å². The molecule has 0 heterocycles. The van der Waals surface area contributed by atoms with E-state index in [1.165, 1.54) is 0 Å². The van der Waals surface area contributed by atoms with Gasteiger partial charge in [0.15, 0.2) is 0 Å². The molecule has 0 fully saturated rings. The molecule has 0 spiro atoms. The van der Waals surface area contributed by atoms with Crippen molar-refractivity contribution in [3.05, 3.63) is 0 Å². The van der Waals surface area contributed by atoms with Gasteiger partial charge >= 0.3 is 6.09 Å². The van der Waals surface area contributed by atoms with Gasteiger partial charge in [0.1, 0.15) is 0 Å². The maximum Gasteiger partial charge on any atom is 0.409 e. The van der Waals surface area contributed by atoms with Gasteiger partial charge in [0.05, 0.1) is 6.10 Å². The predicted octanol–water partition coefficient (Wildman–Crippen LogP) is 5.75. The number of carbonyl (C=O) groups excluding carboxylic acids is 1. The van der Waals surface area contributed by atoms with Gasteiger partial charge in [-0.1, -0.05) is 68.7 Å². The lowest BCUT2D eigenvalue weighted by atomic mass is 9.92. The van der Waals surface area contributed by atoms with Gasteiger partial charge in [-0.3, -0.25) is 0 Å².